The zero-order valence-corrected chi connectivity index (χ0v) is 10.3. The van der Waals surface area contributed by atoms with E-state index >= 15 is 0 Å². The number of carboxylic acids is 1. The van der Waals surface area contributed by atoms with E-state index < -0.39 is 16.0 Å². The average Bonchev–Trinajstić information content (AvgIpc) is 2.39. The topological polar surface area (TPSA) is 109 Å². The third kappa shape index (κ3) is 3.05. The molecule has 8 heteroatoms. The number of aromatic nitrogens is 2. The number of sulfonamides is 1. The Hall–Kier alpha value is -2.48. The first kappa shape index (κ1) is 13.0. The van der Waals surface area contributed by atoms with Gasteiger partial charge in [-0.2, -0.15) is 0 Å². The molecule has 0 radical (unpaired) electrons. The molecule has 2 N–H and O–H groups in total. The number of nitrogens with one attached hydrogen (secondary N) is 1. The van der Waals surface area contributed by atoms with Crippen LogP contribution < -0.4 is 4.72 Å². The van der Waals surface area contributed by atoms with E-state index in [9.17, 15) is 13.2 Å². The van der Waals surface area contributed by atoms with Crippen LogP contribution in [0.3, 0.4) is 0 Å². The van der Waals surface area contributed by atoms with Crippen LogP contribution in [0, 0.1) is 0 Å². The van der Waals surface area contributed by atoms with Crippen LogP contribution in [0.1, 0.15) is 10.4 Å². The van der Waals surface area contributed by atoms with Crippen molar-refractivity contribution in [3.05, 3.63) is 48.4 Å². The van der Waals surface area contributed by atoms with Gasteiger partial charge in [0.15, 0.2) is 5.82 Å². The van der Waals surface area contributed by atoms with Crippen LogP contribution in [0.5, 0.6) is 0 Å². The number of anilines is 1. The fourth-order valence-corrected chi connectivity index (χ4v) is 2.32. The van der Waals surface area contributed by atoms with Gasteiger partial charge in [0.1, 0.15) is 0 Å². The molecule has 2 aromatic rings. The molecule has 0 bridgehead atoms. The van der Waals surface area contributed by atoms with Gasteiger partial charge in [0.2, 0.25) is 0 Å². The molecule has 0 aliphatic rings. The fourth-order valence-electron chi connectivity index (χ4n) is 1.33. The molecule has 0 saturated carbocycles. The molecule has 7 nitrogen and oxygen atoms in total. The van der Waals surface area contributed by atoms with E-state index in [1.54, 1.807) is 0 Å². The predicted octanol–water partition coefficient (Wildman–Crippen LogP) is 0.976. The molecule has 0 aliphatic heterocycles. The lowest BCUT2D eigenvalue weighted by atomic mass is 10.2. The summed E-state index contributed by atoms with van der Waals surface area (Å²) in [6.07, 6.45) is 4.04. The van der Waals surface area contributed by atoms with E-state index in [0.29, 0.717) is 0 Å². The maximum absolute atomic E-state index is 12.0. The van der Waals surface area contributed by atoms with Crippen molar-refractivity contribution in [2.75, 3.05) is 4.72 Å². The number of hydrogen-bond acceptors (Lipinski definition) is 5. The standard InChI is InChI=1S/C11H9N3O4S/c15-11(16)8-1-3-9(4-2-8)19(17,18)14-10-7-12-5-6-13-10/h1-7H,(H,13,14)(H,15,16). The molecule has 0 amide bonds. The first-order chi connectivity index (χ1) is 8.99. The summed E-state index contributed by atoms with van der Waals surface area (Å²) in [5, 5.41) is 8.73. The molecular formula is C11H9N3O4S. The van der Waals surface area contributed by atoms with Crippen LogP contribution in [-0.4, -0.2) is 29.5 Å². The molecule has 0 spiro atoms. The highest BCUT2D eigenvalue weighted by Crippen LogP contribution is 2.14. The molecule has 1 heterocycles. The van der Waals surface area contributed by atoms with E-state index in [0.717, 1.165) is 0 Å². The number of nitrogens with zero attached hydrogens (tertiary/aromatic N) is 2. The molecule has 0 unspecified atom stereocenters. The Labute approximate surface area is 109 Å². The molecule has 0 aliphatic carbocycles. The van der Waals surface area contributed by atoms with Crippen LogP contribution in [0.4, 0.5) is 5.82 Å². The summed E-state index contributed by atoms with van der Waals surface area (Å²) >= 11 is 0. The van der Waals surface area contributed by atoms with Crippen LogP contribution in [0.25, 0.3) is 0 Å². The number of aromatic carboxylic acids is 1. The normalized spacial score (nSPS) is 10.9. The number of carbonyl (C=O) groups is 1. The van der Waals surface area contributed by atoms with E-state index in [1.165, 1.54) is 42.9 Å². The highest BCUT2D eigenvalue weighted by Gasteiger charge is 2.15. The van der Waals surface area contributed by atoms with Gasteiger partial charge in [-0.1, -0.05) is 0 Å². The van der Waals surface area contributed by atoms with Gasteiger partial charge in [-0.25, -0.2) is 18.2 Å². The minimum atomic E-state index is -3.80. The van der Waals surface area contributed by atoms with Gasteiger partial charge in [-0.15, -0.1) is 0 Å². The van der Waals surface area contributed by atoms with Gasteiger partial charge in [0, 0.05) is 12.4 Å². The van der Waals surface area contributed by atoms with Gasteiger partial charge in [0.05, 0.1) is 16.7 Å². The van der Waals surface area contributed by atoms with Crippen LogP contribution >= 0.6 is 0 Å². The quantitative estimate of drug-likeness (QED) is 0.863. The van der Waals surface area contributed by atoms with Crippen molar-refractivity contribution < 1.29 is 18.3 Å². The number of rotatable bonds is 4. The summed E-state index contributed by atoms with van der Waals surface area (Å²) in [4.78, 5) is 18.1. The second kappa shape index (κ2) is 5.02. The van der Waals surface area contributed by atoms with E-state index in [4.69, 9.17) is 5.11 Å². The first-order valence-corrected chi connectivity index (χ1v) is 6.59. The molecule has 0 atom stereocenters. The Kier molecular flexibility index (Phi) is 3.43. The Morgan fingerprint density at radius 1 is 1.16 bits per heavy atom. The van der Waals surface area contributed by atoms with Crippen molar-refractivity contribution in [1.82, 2.24) is 9.97 Å². The lowest BCUT2D eigenvalue weighted by Gasteiger charge is -2.06. The molecule has 1 aromatic heterocycles. The summed E-state index contributed by atoms with van der Waals surface area (Å²) in [6, 6.07) is 4.85. The maximum atomic E-state index is 12.0. The third-order valence-electron chi connectivity index (χ3n) is 2.21. The highest BCUT2D eigenvalue weighted by atomic mass is 32.2. The Morgan fingerprint density at radius 3 is 2.37 bits per heavy atom. The average molecular weight is 279 g/mol. The number of carboxylic acid groups (broad SMARTS) is 1. The smallest absolute Gasteiger partial charge is 0.335 e. The first-order valence-electron chi connectivity index (χ1n) is 5.11. The van der Waals surface area contributed by atoms with Crippen molar-refractivity contribution in [3.63, 3.8) is 0 Å². The van der Waals surface area contributed by atoms with E-state index in [1.807, 2.05) is 0 Å². The van der Waals surface area contributed by atoms with Crippen LogP contribution in [-0.2, 0) is 10.0 Å². The third-order valence-corrected chi connectivity index (χ3v) is 3.58. The maximum Gasteiger partial charge on any atom is 0.335 e. The SMILES string of the molecule is O=C(O)c1ccc(S(=O)(=O)Nc2cnccn2)cc1. The van der Waals surface area contributed by atoms with Crippen molar-refractivity contribution in [3.8, 4) is 0 Å². The number of benzene rings is 1. The summed E-state index contributed by atoms with van der Waals surface area (Å²) in [5.74, 6) is -1.03. The Bertz CT molecular complexity index is 684. The van der Waals surface area contributed by atoms with Gasteiger partial charge >= 0.3 is 5.97 Å². The molecule has 1 aromatic carbocycles. The van der Waals surface area contributed by atoms with E-state index in [2.05, 4.69) is 14.7 Å². The van der Waals surface area contributed by atoms with Crippen LogP contribution in [0.15, 0.2) is 47.8 Å². The van der Waals surface area contributed by atoms with Gasteiger partial charge < -0.3 is 5.11 Å². The largest absolute Gasteiger partial charge is 0.478 e. The van der Waals surface area contributed by atoms with Crippen molar-refractivity contribution in [2.24, 2.45) is 0 Å². The van der Waals surface area contributed by atoms with Crippen LogP contribution in [0.2, 0.25) is 0 Å². The zero-order chi connectivity index (χ0) is 13.9. The Morgan fingerprint density at radius 2 is 1.84 bits per heavy atom. The summed E-state index contributed by atoms with van der Waals surface area (Å²) in [6.45, 7) is 0. The minimum Gasteiger partial charge on any atom is -0.478 e. The van der Waals surface area contributed by atoms with Gasteiger partial charge in [-0.3, -0.25) is 9.71 Å². The van der Waals surface area contributed by atoms with Crippen molar-refractivity contribution in [2.45, 2.75) is 4.90 Å². The lowest BCUT2D eigenvalue weighted by Crippen LogP contribution is -2.14. The second-order valence-electron chi connectivity index (χ2n) is 3.53. The molecule has 19 heavy (non-hydrogen) atoms. The molecule has 98 valence electrons. The molecule has 2 rings (SSSR count). The van der Waals surface area contributed by atoms with Gasteiger partial charge in [-0.05, 0) is 24.3 Å². The van der Waals surface area contributed by atoms with Crippen molar-refractivity contribution >= 4 is 21.8 Å². The van der Waals surface area contributed by atoms with Crippen molar-refractivity contribution in [1.29, 1.82) is 0 Å². The molecule has 0 fully saturated rings. The highest BCUT2D eigenvalue weighted by molar-refractivity contribution is 7.92. The Balaban J connectivity index is 2.27. The minimum absolute atomic E-state index is 0.0125. The lowest BCUT2D eigenvalue weighted by molar-refractivity contribution is 0.0697. The predicted molar refractivity (Wildman–Crippen MR) is 66.2 cm³/mol. The van der Waals surface area contributed by atoms with Gasteiger partial charge in [0.25, 0.3) is 10.0 Å². The zero-order valence-electron chi connectivity index (χ0n) is 9.52. The number of hydrogen-bond donors (Lipinski definition) is 2. The van der Waals surface area contributed by atoms with E-state index in [-0.39, 0.29) is 16.3 Å². The summed E-state index contributed by atoms with van der Waals surface area (Å²) < 4.78 is 26.1. The summed E-state index contributed by atoms with van der Waals surface area (Å²) in [5.41, 5.74) is 0.0125. The fraction of sp³-hybridized carbons (Fsp3) is 0. The second-order valence-corrected chi connectivity index (χ2v) is 5.21. The summed E-state index contributed by atoms with van der Waals surface area (Å²) in [7, 11) is -3.80. The molecular weight excluding hydrogens is 270 g/mol. The molecule has 0 saturated heterocycles. The monoisotopic (exact) mass is 279 g/mol.